The Hall–Kier alpha value is -2.82. The van der Waals surface area contributed by atoms with E-state index in [4.69, 9.17) is 0 Å². The molecule has 2 aromatic heterocycles. The molecule has 2 N–H and O–H groups in total. The lowest BCUT2D eigenvalue weighted by atomic mass is 10.1. The number of nitrogens with one attached hydrogen (secondary N) is 2. The number of hydrogen-bond acceptors (Lipinski definition) is 2. The van der Waals surface area contributed by atoms with Gasteiger partial charge in [-0.2, -0.15) is 0 Å². The van der Waals surface area contributed by atoms with Crippen molar-refractivity contribution in [3.8, 4) is 11.3 Å². The van der Waals surface area contributed by atoms with Crippen LogP contribution in [0, 0.1) is 0 Å². The zero-order valence-electron chi connectivity index (χ0n) is 11.7. The Morgan fingerprint density at radius 1 is 1.24 bits per heavy atom. The number of imidazole rings is 1. The highest BCUT2D eigenvalue weighted by Gasteiger charge is 2.07. The van der Waals surface area contributed by atoms with Crippen LogP contribution in [0.5, 0.6) is 0 Å². The lowest BCUT2D eigenvalue weighted by Crippen LogP contribution is -2.28. The minimum Gasteiger partial charge on any atom is -0.338 e. The van der Waals surface area contributed by atoms with Crippen LogP contribution in [0.15, 0.2) is 54.9 Å². The van der Waals surface area contributed by atoms with Gasteiger partial charge in [-0.25, -0.2) is 9.78 Å². The molecule has 0 saturated carbocycles. The van der Waals surface area contributed by atoms with Crippen LogP contribution >= 0.6 is 0 Å². The quantitative estimate of drug-likeness (QED) is 0.774. The number of amides is 2. The molecule has 0 aliphatic rings. The zero-order valence-corrected chi connectivity index (χ0v) is 11.7. The summed E-state index contributed by atoms with van der Waals surface area (Å²) in [4.78, 5) is 16.0. The van der Waals surface area contributed by atoms with Crippen LogP contribution in [0.4, 0.5) is 10.5 Å². The van der Waals surface area contributed by atoms with Crippen LogP contribution < -0.4 is 10.6 Å². The van der Waals surface area contributed by atoms with Crippen molar-refractivity contribution in [2.75, 3.05) is 11.9 Å². The van der Waals surface area contributed by atoms with Crippen LogP contribution in [0.1, 0.15) is 6.92 Å². The van der Waals surface area contributed by atoms with Gasteiger partial charge in [0.1, 0.15) is 5.65 Å². The second kappa shape index (κ2) is 5.66. The number of aromatic nitrogens is 2. The number of carbonyl (C=O) groups excluding carboxylic acids is 1. The third kappa shape index (κ3) is 2.72. The normalized spacial score (nSPS) is 10.5. The van der Waals surface area contributed by atoms with Crippen molar-refractivity contribution in [1.29, 1.82) is 0 Å². The van der Waals surface area contributed by atoms with Gasteiger partial charge in [0.25, 0.3) is 0 Å². The Morgan fingerprint density at radius 3 is 3.00 bits per heavy atom. The minimum atomic E-state index is -0.201. The molecule has 0 fully saturated rings. The Bertz CT molecular complexity index is 779. The van der Waals surface area contributed by atoms with E-state index in [1.54, 1.807) is 0 Å². The van der Waals surface area contributed by atoms with Crippen LogP contribution in [-0.4, -0.2) is 22.0 Å². The van der Waals surface area contributed by atoms with Gasteiger partial charge in [-0.05, 0) is 31.2 Å². The van der Waals surface area contributed by atoms with E-state index in [1.165, 1.54) is 0 Å². The molecular formula is C16H16N4O. The predicted molar refractivity (Wildman–Crippen MR) is 83.3 cm³/mol. The number of fused-ring (bicyclic) bond motifs is 1. The van der Waals surface area contributed by atoms with Crippen molar-refractivity contribution in [2.45, 2.75) is 6.92 Å². The van der Waals surface area contributed by atoms with Gasteiger partial charge in [-0.1, -0.05) is 18.2 Å². The van der Waals surface area contributed by atoms with Crippen molar-refractivity contribution in [1.82, 2.24) is 14.7 Å². The molecule has 0 saturated heterocycles. The number of benzene rings is 1. The summed E-state index contributed by atoms with van der Waals surface area (Å²) in [5.41, 5.74) is 3.65. The predicted octanol–water partition coefficient (Wildman–Crippen LogP) is 3.14. The second-order valence-corrected chi connectivity index (χ2v) is 4.64. The molecule has 2 heterocycles. The summed E-state index contributed by atoms with van der Waals surface area (Å²) in [6.07, 6.45) is 3.81. The summed E-state index contributed by atoms with van der Waals surface area (Å²) in [6.45, 7) is 2.48. The van der Waals surface area contributed by atoms with E-state index in [0.717, 1.165) is 22.6 Å². The van der Waals surface area contributed by atoms with Gasteiger partial charge in [0.05, 0.1) is 11.9 Å². The smallest absolute Gasteiger partial charge is 0.319 e. The van der Waals surface area contributed by atoms with Crippen molar-refractivity contribution in [3.05, 3.63) is 54.9 Å². The number of hydrogen-bond donors (Lipinski definition) is 2. The van der Waals surface area contributed by atoms with Crippen LogP contribution in [0.2, 0.25) is 0 Å². The number of pyridine rings is 1. The molecule has 0 bridgehead atoms. The largest absolute Gasteiger partial charge is 0.338 e. The van der Waals surface area contributed by atoms with Gasteiger partial charge in [0, 0.05) is 24.0 Å². The average Bonchev–Trinajstić information content (AvgIpc) is 2.91. The lowest BCUT2D eigenvalue weighted by Gasteiger charge is -2.08. The van der Waals surface area contributed by atoms with Crippen molar-refractivity contribution in [2.24, 2.45) is 0 Å². The van der Waals surface area contributed by atoms with E-state index in [1.807, 2.05) is 66.2 Å². The highest BCUT2D eigenvalue weighted by Crippen LogP contribution is 2.23. The number of rotatable bonds is 3. The summed E-state index contributed by atoms with van der Waals surface area (Å²) < 4.78 is 2.02. The Labute approximate surface area is 122 Å². The Balaban J connectivity index is 1.94. The van der Waals surface area contributed by atoms with E-state index in [-0.39, 0.29) is 6.03 Å². The number of carbonyl (C=O) groups is 1. The Kier molecular flexibility index (Phi) is 3.55. The second-order valence-electron chi connectivity index (χ2n) is 4.64. The van der Waals surface area contributed by atoms with Gasteiger partial charge in [0.2, 0.25) is 0 Å². The first-order valence-electron chi connectivity index (χ1n) is 6.85. The molecule has 0 aliphatic heterocycles. The first kappa shape index (κ1) is 13.2. The fourth-order valence-electron chi connectivity index (χ4n) is 2.24. The van der Waals surface area contributed by atoms with Gasteiger partial charge in [-0.3, -0.25) is 4.40 Å². The topological polar surface area (TPSA) is 58.4 Å². The molecular weight excluding hydrogens is 264 g/mol. The molecule has 2 amide bonds. The van der Waals surface area contributed by atoms with Gasteiger partial charge >= 0.3 is 6.03 Å². The van der Waals surface area contributed by atoms with E-state index in [2.05, 4.69) is 15.6 Å². The summed E-state index contributed by atoms with van der Waals surface area (Å²) >= 11 is 0. The number of nitrogens with zero attached hydrogens (tertiary/aromatic N) is 2. The summed E-state index contributed by atoms with van der Waals surface area (Å²) in [5, 5.41) is 5.52. The summed E-state index contributed by atoms with van der Waals surface area (Å²) in [5.74, 6) is 0. The van der Waals surface area contributed by atoms with Gasteiger partial charge in [0.15, 0.2) is 0 Å². The molecule has 1 aromatic carbocycles. The highest BCUT2D eigenvalue weighted by molar-refractivity contribution is 5.90. The van der Waals surface area contributed by atoms with Crippen molar-refractivity contribution in [3.63, 3.8) is 0 Å². The standard InChI is InChI=1S/C16H16N4O/c1-2-17-16(21)19-13-7-5-6-12(10-13)14-11-18-15-8-3-4-9-20(14)15/h3-11H,2H2,1H3,(H2,17,19,21). The zero-order chi connectivity index (χ0) is 14.7. The maximum atomic E-state index is 11.6. The molecule has 3 aromatic rings. The Morgan fingerprint density at radius 2 is 2.14 bits per heavy atom. The molecule has 0 aliphatic carbocycles. The van der Waals surface area contributed by atoms with Crippen molar-refractivity contribution < 1.29 is 4.79 Å². The average molecular weight is 280 g/mol. The third-order valence-electron chi connectivity index (χ3n) is 3.17. The fourth-order valence-corrected chi connectivity index (χ4v) is 2.24. The van der Waals surface area contributed by atoms with Crippen LogP contribution in [0.25, 0.3) is 16.9 Å². The van der Waals surface area contributed by atoms with Crippen LogP contribution in [0.3, 0.4) is 0 Å². The van der Waals surface area contributed by atoms with E-state index in [0.29, 0.717) is 6.54 Å². The monoisotopic (exact) mass is 280 g/mol. The fraction of sp³-hybridized carbons (Fsp3) is 0.125. The van der Waals surface area contributed by atoms with E-state index < -0.39 is 0 Å². The maximum absolute atomic E-state index is 11.6. The maximum Gasteiger partial charge on any atom is 0.319 e. The first-order valence-corrected chi connectivity index (χ1v) is 6.85. The molecule has 106 valence electrons. The number of anilines is 1. The number of urea groups is 1. The highest BCUT2D eigenvalue weighted by atomic mass is 16.2. The van der Waals surface area contributed by atoms with E-state index >= 15 is 0 Å². The van der Waals surface area contributed by atoms with Crippen LogP contribution in [-0.2, 0) is 0 Å². The summed E-state index contributed by atoms with van der Waals surface area (Å²) in [6, 6.07) is 13.4. The SMILES string of the molecule is CCNC(=O)Nc1cccc(-c2cnc3ccccn23)c1. The van der Waals surface area contributed by atoms with E-state index in [9.17, 15) is 4.79 Å². The lowest BCUT2D eigenvalue weighted by molar-refractivity contribution is 0.252. The molecule has 0 spiro atoms. The van der Waals surface area contributed by atoms with Gasteiger partial charge < -0.3 is 10.6 Å². The summed E-state index contributed by atoms with van der Waals surface area (Å²) in [7, 11) is 0. The van der Waals surface area contributed by atoms with Crippen molar-refractivity contribution >= 4 is 17.4 Å². The molecule has 0 radical (unpaired) electrons. The molecule has 21 heavy (non-hydrogen) atoms. The first-order chi connectivity index (χ1) is 10.3. The van der Waals surface area contributed by atoms with Gasteiger partial charge in [-0.15, -0.1) is 0 Å². The minimum absolute atomic E-state index is 0.201. The molecule has 0 unspecified atom stereocenters. The molecule has 0 atom stereocenters. The molecule has 5 nitrogen and oxygen atoms in total. The molecule has 5 heteroatoms. The third-order valence-corrected chi connectivity index (χ3v) is 3.17. The molecule has 3 rings (SSSR count).